The van der Waals surface area contributed by atoms with Crippen LogP contribution >= 0.6 is 11.6 Å². The minimum atomic E-state index is -3.67. The van der Waals surface area contributed by atoms with Crippen molar-refractivity contribution in [2.45, 2.75) is 77.2 Å². The third-order valence-electron chi connectivity index (χ3n) is 8.78. The molecule has 11 nitrogen and oxygen atoms in total. The van der Waals surface area contributed by atoms with Gasteiger partial charge in [-0.1, -0.05) is 19.3 Å². The zero-order valence-corrected chi connectivity index (χ0v) is 31.6. The molecule has 0 bridgehead atoms. The van der Waals surface area contributed by atoms with Gasteiger partial charge in [-0.25, -0.2) is 22.2 Å². The molecule has 0 radical (unpaired) electrons. The lowest BCUT2D eigenvalue weighted by Gasteiger charge is -2.28. The monoisotopic (exact) mass is 759 g/mol. The number of fused-ring (bicyclic) bond motifs is 2. The fourth-order valence-electron chi connectivity index (χ4n) is 6.57. The average Bonchev–Trinajstić information content (AvgIpc) is 3.41. The number of carbonyl (C=O) groups is 2. The molecule has 0 saturated carbocycles. The van der Waals surface area contributed by atoms with E-state index in [1.807, 2.05) is 20.8 Å². The molecule has 52 heavy (non-hydrogen) atoms. The van der Waals surface area contributed by atoms with Crippen LogP contribution in [-0.2, 0) is 38.7 Å². The van der Waals surface area contributed by atoms with Crippen molar-refractivity contribution < 1.29 is 31.5 Å². The van der Waals surface area contributed by atoms with E-state index in [9.17, 15) is 27.2 Å². The Hall–Kier alpha value is -4.30. The molecule has 1 amide bonds. The highest BCUT2D eigenvalue weighted by molar-refractivity contribution is 7.89. The van der Waals surface area contributed by atoms with E-state index in [0.29, 0.717) is 65.2 Å². The number of nitrogens with one attached hydrogen (secondary N) is 1. The van der Waals surface area contributed by atoms with Crippen molar-refractivity contribution in [3.8, 4) is 11.1 Å². The number of alkyl halides is 1. The molecule has 0 fully saturated rings. The predicted octanol–water partition coefficient (Wildman–Crippen LogP) is 6.77. The van der Waals surface area contributed by atoms with E-state index in [1.54, 1.807) is 30.4 Å². The molecule has 0 atom stereocenters. The van der Waals surface area contributed by atoms with Crippen LogP contribution in [0, 0.1) is 11.6 Å². The topological polar surface area (TPSA) is 135 Å². The minimum Gasteiger partial charge on any atom is -0.460 e. The molecular formula is C37H44ClF2N5O6S. The van der Waals surface area contributed by atoms with E-state index in [0.717, 1.165) is 31.7 Å². The Morgan fingerprint density at radius 1 is 1.06 bits per heavy atom. The quantitative estimate of drug-likeness (QED) is 0.0847. The minimum absolute atomic E-state index is 0.00109. The molecule has 1 aliphatic heterocycles. The van der Waals surface area contributed by atoms with Gasteiger partial charge in [-0.05, 0) is 56.9 Å². The van der Waals surface area contributed by atoms with E-state index < -0.39 is 38.7 Å². The molecule has 5 rings (SSSR count). The van der Waals surface area contributed by atoms with Crippen molar-refractivity contribution in [3.05, 3.63) is 75.5 Å². The van der Waals surface area contributed by atoms with Gasteiger partial charge in [-0.2, -0.15) is 0 Å². The summed E-state index contributed by atoms with van der Waals surface area (Å²) in [5.74, 6) is -3.04. The van der Waals surface area contributed by atoms with Gasteiger partial charge in [0.25, 0.3) is 11.5 Å². The smallest absolute Gasteiger partial charge is 0.306 e. The summed E-state index contributed by atoms with van der Waals surface area (Å²) in [5, 5.41) is 0.564. The normalized spacial score (nSPS) is 12.9. The maximum atomic E-state index is 15.5. The highest BCUT2D eigenvalue weighted by Crippen LogP contribution is 2.45. The van der Waals surface area contributed by atoms with Crippen LogP contribution in [0.2, 0.25) is 0 Å². The van der Waals surface area contributed by atoms with Gasteiger partial charge in [0, 0.05) is 79.2 Å². The molecule has 0 saturated heterocycles. The van der Waals surface area contributed by atoms with E-state index >= 15 is 4.39 Å². The lowest BCUT2D eigenvalue weighted by molar-refractivity contribution is -0.154. The molecule has 4 aromatic rings. The highest BCUT2D eigenvalue weighted by Gasteiger charge is 2.31. The molecule has 1 N–H and O–H groups in total. The first-order valence-electron chi connectivity index (χ1n) is 17.2. The molecule has 3 aromatic heterocycles. The number of halogens is 3. The number of aryl methyl sites for hydroxylation is 1. The van der Waals surface area contributed by atoms with Crippen molar-refractivity contribution in [2.75, 3.05) is 30.1 Å². The Bertz CT molecular complexity index is 2160. The maximum absolute atomic E-state index is 15.5. The van der Waals surface area contributed by atoms with E-state index in [1.165, 1.54) is 15.5 Å². The zero-order chi connectivity index (χ0) is 38.0. The second-order valence-electron chi connectivity index (χ2n) is 14.2. The summed E-state index contributed by atoms with van der Waals surface area (Å²) in [4.78, 5) is 49.7. The average molecular weight is 760 g/mol. The van der Waals surface area contributed by atoms with Gasteiger partial charge in [0.05, 0.1) is 24.2 Å². The summed E-state index contributed by atoms with van der Waals surface area (Å²) in [7, 11) is -2.08. The van der Waals surface area contributed by atoms with Crippen LogP contribution in [0.25, 0.3) is 22.0 Å². The Balaban J connectivity index is 1.51. The summed E-state index contributed by atoms with van der Waals surface area (Å²) in [6.45, 7) is 6.03. The van der Waals surface area contributed by atoms with Gasteiger partial charge < -0.3 is 24.1 Å². The number of hydrogen-bond acceptors (Lipinski definition) is 8. The first-order chi connectivity index (χ1) is 24.5. The Morgan fingerprint density at radius 3 is 2.44 bits per heavy atom. The van der Waals surface area contributed by atoms with E-state index in [4.69, 9.17) is 16.3 Å². The fraction of sp³-hybridized carbons (Fsp3) is 0.459. The standard InChI is InChI=1S/C37H44ClF2N5O6S/c1-37(2,3)51-31(46)11-9-7-6-8-10-13-44(14-12-38)35(47)26-17-30-27(15-23(26)22-52(5,49)50)28-21-43(4)36(48)33-32(28)24(18-41-33)20-45(30)34-29(40)16-25(39)19-42-34/h15-19,21,41H,6-14,20,22H2,1-5H3. The second kappa shape index (κ2) is 15.7. The first kappa shape index (κ1) is 38.9. The van der Waals surface area contributed by atoms with Gasteiger partial charge in [0.15, 0.2) is 21.5 Å². The van der Waals surface area contributed by atoms with Crippen LogP contribution in [0.5, 0.6) is 0 Å². The van der Waals surface area contributed by atoms with Crippen molar-refractivity contribution in [3.63, 3.8) is 0 Å². The molecule has 0 unspecified atom stereocenters. The zero-order valence-electron chi connectivity index (χ0n) is 30.0. The van der Waals surface area contributed by atoms with Gasteiger partial charge >= 0.3 is 5.97 Å². The van der Waals surface area contributed by atoms with Crippen LogP contribution in [0.4, 0.5) is 20.3 Å². The number of benzene rings is 1. The second-order valence-corrected chi connectivity index (χ2v) is 16.8. The van der Waals surface area contributed by atoms with Gasteiger partial charge in [-0.15, -0.1) is 11.6 Å². The van der Waals surface area contributed by atoms with Gasteiger partial charge in [0.2, 0.25) is 0 Å². The number of nitrogens with zero attached hydrogens (tertiary/aromatic N) is 4. The summed E-state index contributed by atoms with van der Waals surface area (Å²) in [6.07, 6.45) is 9.33. The number of carbonyl (C=O) groups excluding carboxylic acids is 2. The molecular weight excluding hydrogens is 716 g/mol. The number of aromatic nitrogens is 3. The molecule has 1 aromatic carbocycles. The Labute approximate surface area is 306 Å². The Kier molecular flexibility index (Phi) is 11.8. The maximum Gasteiger partial charge on any atom is 0.306 e. The van der Waals surface area contributed by atoms with Crippen LogP contribution in [0.3, 0.4) is 0 Å². The summed E-state index contributed by atoms with van der Waals surface area (Å²) >= 11 is 6.16. The number of H-pyrrole nitrogens is 1. The van der Waals surface area contributed by atoms with Crippen molar-refractivity contribution in [1.29, 1.82) is 0 Å². The number of aromatic amines is 1. The number of sulfone groups is 1. The number of ether oxygens (including phenoxy) is 1. The summed E-state index contributed by atoms with van der Waals surface area (Å²) in [6, 6.07) is 3.85. The van der Waals surface area contributed by atoms with Crippen molar-refractivity contribution >= 4 is 55.7 Å². The lowest BCUT2D eigenvalue weighted by atomic mass is 9.95. The van der Waals surface area contributed by atoms with Crippen LogP contribution < -0.4 is 10.5 Å². The number of hydrogen-bond donors (Lipinski definition) is 1. The third-order valence-corrected chi connectivity index (χ3v) is 9.79. The number of unbranched alkanes of at least 4 members (excludes halogenated alkanes) is 4. The number of amides is 1. The molecule has 0 aliphatic carbocycles. The molecule has 4 heterocycles. The van der Waals surface area contributed by atoms with Gasteiger partial charge in [-0.3, -0.25) is 14.4 Å². The number of esters is 1. The molecule has 280 valence electrons. The van der Waals surface area contributed by atoms with Crippen LogP contribution in [0.15, 0.2) is 41.6 Å². The fourth-order valence-corrected chi connectivity index (χ4v) is 7.58. The molecule has 0 spiro atoms. The largest absolute Gasteiger partial charge is 0.460 e. The van der Waals surface area contributed by atoms with Crippen molar-refractivity contribution in [2.24, 2.45) is 7.05 Å². The summed E-state index contributed by atoms with van der Waals surface area (Å²) in [5.41, 5.74) is 1.74. The Morgan fingerprint density at radius 2 is 1.77 bits per heavy atom. The molecule has 1 aliphatic rings. The van der Waals surface area contributed by atoms with E-state index in [2.05, 4.69) is 9.97 Å². The van der Waals surface area contributed by atoms with Crippen LogP contribution in [0.1, 0.15) is 80.8 Å². The summed E-state index contributed by atoms with van der Waals surface area (Å²) < 4.78 is 61.9. The van der Waals surface area contributed by atoms with Gasteiger partial charge in [0.1, 0.15) is 16.9 Å². The number of pyridine rings is 2. The van der Waals surface area contributed by atoms with Crippen LogP contribution in [-0.4, -0.2) is 70.6 Å². The first-order valence-corrected chi connectivity index (χ1v) is 19.8. The SMILES string of the molecule is Cn1cc2c3c(c[nH]c3c1=O)CN(c1ncc(F)cc1F)c1cc(C(=O)N(CCCl)CCCCCCCC(=O)OC(C)(C)C)c(CS(C)(=O)=O)cc1-2. The van der Waals surface area contributed by atoms with Crippen molar-refractivity contribution in [1.82, 2.24) is 19.4 Å². The number of anilines is 2. The van der Waals surface area contributed by atoms with E-state index in [-0.39, 0.29) is 47.4 Å². The lowest BCUT2D eigenvalue weighted by Crippen LogP contribution is -2.34. The number of rotatable bonds is 14. The third kappa shape index (κ3) is 9.00. The highest BCUT2D eigenvalue weighted by atomic mass is 35.5. The molecule has 15 heteroatoms. The predicted molar refractivity (Wildman–Crippen MR) is 198 cm³/mol.